The molecular weight excluding hydrogens is 398 g/mol. The van der Waals surface area contributed by atoms with E-state index in [-0.39, 0.29) is 17.5 Å². The highest BCUT2D eigenvalue weighted by Gasteiger charge is 2.22. The summed E-state index contributed by atoms with van der Waals surface area (Å²) in [5, 5.41) is 20.0. The van der Waals surface area contributed by atoms with Gasteiger partial charge in [-0.1, -0.05) is 41.6 Å². The molecule has 0 atom stereocenters. The largest absolute Gasteiger partial charge is 0.861 e. The van der Waals surface area contributed by atoms with Crippen LogP contribution in [0.4, 0.5) is 5.88 Å². The standard InChI is InChI=1S/C18H19N5O3S2/c1-13-2-4-14(5-3-13)15-11-27-18(19-15)28-12-16(24)20-17-10-23(21-26-17)22-6-8-25-9-7-22/h2-5,10-11H,6-9,12H2,1H3. The minimum Gasteiger partial charge on any atom is -0.861 e. The Hall–Kier alpha value is -2.43. The second kappa shape index (κ2) is 8.72. The first kappa shape index (κ1) is 18.9. The molecule has 0 radical (unpaired) electrons. The summed E-state index contributed by atoms with van der Waals surface area (Å²) in [5.41, 5.74) is 3.20. The van der Waals surface area contributed by atoms with Crippen molar-refractivity contribution in [1.82, 2.24) is 10.3 Å². The molecule has 0 spiro atoms. The summed E-state index contributed by atoms with van der Waals surface area (Å²) in [6.07, 6.45) is 1.60. The van der Waals surface area contributed by atoms with E-state index in [9.17, 15) is 5.11 Å². The molecule has 0 amide bonds. The molecule has 1 aliphatic rings. The van der Waals surface area contributed by atoms with E-state index in [0.29, 0.717) is 26.3 Å². The van der Waals surface area contributed by atoms with E-state index < -0.39 is 0 Å². The molecule has 0 bridgehead atoms. The van der Waals surface area contributed by atoms with Gasteiger partial charge in [-0.15, -0.1) is 16.3 Å². The van der Waals surface area contributed by atoms with E-state index in [4.69, 9.17) is 9.26 Å². The molecule has 8 nitrogen and oxygen atoms in total. The second-order valence-corrected chi connectivity index (χ2v) is 8.27. The lowest BCUT2D eigenvalue weighted by molar-refractivity contribution is -0.759. The van der Waals surface area contributed by atoms with Gasteiger partial charge in [0.2, 0.25) is 5.27 Å². The van der Waals surface area contributed by atoms with Gasteiger partial charge < -0.3 is 9.84 Å². The first-order valence-corrected chi connectivity index (χ1v) is 10.7. The van der Waals surface area contributed by atoms with Gasteiger partial charge in [-0.05, 0) is 12.8 Å². The highest BCUT2D eigenvalue weighted by atomic mass is 32.2. The number of morpholine rings is 1. The summed E-state index contributed by atoms with van der Waals surface area (Å²) >= 11 is 2.89. The van der Waals surface area contributed by atoms with Crippen LogP contribution in [-0.4, -0.2) is 48.2 Å². The quantitative estimate of drug-likeness (QED) is 0.260. The fourth-order valence-electron chi connectivity index (χ4n) is 2.63. The van der Waals surface area contributed by atoms with Gasteiger partial charge in [0.05, 0.1) is 36.8 Å². The van der Waals surface area contributed by atoms with Gasteiger partial charge in [-0.2, -0.15) is 0 Å². The van der Waals surface area contributed by atoms with Crippen molar-refractivity contribution in [2.45, 2.75) is 11.3 Å². The van der Waals surface area contributed by atoms with Gasteiger partial charge in [-0.25, -0.2) is 9.98 Å². The minimum absolute atomic E-state index is 0.191. The maximum atomic E-state index is 12.1. The molecule has 3 aromatic rings. The van der Waals surface area contributed by atoms with Gasteiger partial charge >= 0.3 is 5.88 Å². The first-order chi connectivity index (χ1) is 13.7. The van der Waals surface area contributed by atoms with E-state index in [1.165, 1.54) is 28.7 Å². The number of thioether (sulfide) groups is 1. The Kier molecular flexibility index (Phi) is 5.89. The summed E-state index contributed by atoms with van der Waals surface area (Å²) in [4.78, 5) is 10.1. The van der Waals surface area contributed by atoms with Crippen molar-refractivity contribution in [2.24, 2.45) is 4.99 Å². The molecular formula is C18H19N5O3S2. The SMILES string of the molecule is Cc1ccc(-c2csc(SC/C([O-])=N/c3c[n+](N4CCOCC4)no3)n2)cc1. The zero-order valence-electron chi connectivity index (χ0n) is 15.3. The third-order valence-corrected chi connectivity index (χ3v) is 6.11. The molecule has 0 saturated carbocycles. The number of aryl methyl sites for hydroxylation is 1. The molecule has 4 rings (SSSR count). The lowest BCUT2D eigenvalue weighted by Gasteiger charge is -2.18. The lowest BCUT2D eigenvalue weighted by Crippen LogP contribution is -2.62. The molecule has 10 heteroatoms. The van der Waals surface area contributed by atoms with Crippen LogP contribution in [0.3, 0.4) is 0 Å². The predicted molar refractivity (Wildman–Crippen MR) is 106 cm³/mol. The Labute approximate surface area is 170 Å². The van der Waals surface area contributed by atoms with Gasteiger partial charge in [0.15, 0.2) is 4.34 Å². The molecule has 3 heterocycles. The van der Waals surface area contributed by atoms with Gasteiger partial charge in [0.1, 0.15) is 0 Å². The molecule has 28 heavy (non-hydrogen) atoms. The van der Waals surface area contributed by atoms with Gasteiger partial charge in [0, 0.05) is 16.7 Å². The number of benzene rings is 1. The van der Waals surface area contributed by atoms with Crippen LogP contribution in [0.2, 0.25) is 0 Å². The smallest absolute Gasteiger partial charge is 0.324 e. The number of ether oxygens (including phenoxy) is 1. The first-order valence-electron chi connectivity index (χ1n) is 8.79. The van der Waals surface area contributed by atoms with Gasteiger partial charge in [0.25, 0.3) is 6.20 Å². The van der Waals surface area contributed by atoms with Crippen LogP contribution in [-0.2, 0) is 4.74 Å². The molecule has 0 aliphatic carbocycles. The van der Waals surface area contributed by atoms with Crippen LogP contribution in [0.25, 0.3) is 11.3 Å². The van der Waals surface area contributed by atoms with Crippen LogP contribution < -0.4 is 14.9 Å². The number of rotatable bonds is 6. The fourth-order valence-corrected chi connectivity index (χ4v) is 4.25. The van der Waals surface area contributed by atoms with Crippen LogP contribution >= 0.6 is 23.1 Å². The molecule has 2 aromatic heterocycles. The molecule has 1 aromatic carbocycles. The number of nitrogens with zero attached hydrogens (tertiary/aromatic N) is 5. The Morgan fingerprint density at radius 1 is 1.32 bits per heavy atom. The van der Waals surface area contributed by atoms with Crippen LogP contribution in [0.1, 0.15) is 5.56 Å². The maximum absolute atomic E-state index is 12.1. The monoisotopic (exact) mass is 417 g/mol. The van der Waals surface area contributed by atoms with E-state index in [0.717, 1.165) is 15.6 Å². The number of aliphatic imine (C=N–C) groups is 1. The number of hydrogen-bond acceptors (Lipinski definition) is 9. The van der Waals surface area contributed by atoms with E-state index in [1.54, 1.807) is 11.0 Å². The zero-order valence-corrected chi connectivity index (χ0v) is 16.9. The topological polar surface area (TPSA) is 90.7 Å². The van der Waals surface area contributed by atoms with E-state index >= 15 is 0 Å². The maximum Gasteiger partial charge on any atom is 0.324 e. The normalized spacial score (nSPS) is 15.2. The van der Waals surface area contributed by atoms with E-state index in [1.807, 2.05) is 22.5 Å². The van der Waals surface area contributed by atoms with Crippen LogP contribution in [0.5, 0.6) is 0 Å². The van der Waals surface area contributed by atoms with Crippen molar-refractivity contribution in [1.29, 1.82) is 0 Å². The Morgan fingerprint density at radius 2 is 2.11 bits per heavy atom. The van der Waals surface area contributed by atoms with Crippen LogP contribution in [0.15, 0.2) is 49.7 Å². The fraction of sp³-hybridized carbons (Fsp3) is 0.333. The molecule has 1 fully saturated rings. The van der Waals surface area contributed by atoms with Crippen molar-refractivity contribution >= 4 is 34.9 Å². The number of aromatic nitrogens is 3. The Bertz CT molecular complexity index is 948. The van der Waals surface area contributed by atoms with Crippen molar-refractivity contribution in [2.75, 3.05) is 37.1 Å². The summed E-state index contributed by atoms with van der Waals surface area (Å²) in [6, 6.07) is 8.22. The third-order valence-electron chi connectivity index (χ3n) is 4.11. The highest BCUT2D eigenvalue weighted by molar-refractivity contribution is 8.01. The van der Waals surface area contributed by atoms with E-state index in [2.05, 4.69) is 34.3 Å². The Balaban J connectivity index is 1.34. The third kappa shape index (κ3) is 4.70. The summed E-state index contributed by atoms with van der Waals surface area (Å²) in [6.45, 7) is 4.76. The predicted octanol–water partition coefficient (Wildman–Crippen LogP) is 1.54. The Morgan fingerprint density at radius 3 is 2.89 bits per heavy atom. The highest BCUT2D eigenvalue weighted by Crippen LogP contribution is 2.28. The van der Waals surface area contributed by atoms with Crippen LogP contribution in [0, 0.1) is 6.92 Å². The molecule has 146 valence electrons. The average Bonchev–Trinajstić information content (AvgIpc) is 3.37. The summed E-state index contributed by atoms with van der Waals surface area (Å²) in [5.74, 6) is 0.0954. The lowest BCUT2D eigenvalue weighted by atomic mass is 10.1. The molecule has 0 unspecified atom stereocenters. The van der Waals surface area contributed by atoms with Crippen molar-refractivity contribution in [3.05, 3.63) is 41.4 Å². The molecule has 0 N–H and O–H groups in total. The zero-order chi connectivity index (χ0) is 19.3. The molecule has 1 saturated heterocycles. The number of thiazole rings is 1. The summed E-state index contributed by atoms with van der Waals surface area (Å²) < 4.78 is 11.3. The minimum atomic E-state index is -0.289. The molecule has 1 aliphatic heterocycles. The average molecular weight is 418 g/mol. The van der Waals surface area contributed by atoms with Crippen molar-refractivity contribution in [3.63, 3.8) is 0 Å². The summed E-state index contributed by atoms with van der Waals surface area (Å²) in [7, 11) is 0. The number of hydrogen-bond donors (Lipinski definition) is 0. The van der Waals surface area contributed by atoms with Crippen molar-refractivity contribution in [3.8, 4) is 11.3 Å². The van der Waals surface area contributed by atoms with Gasteiger partial charge in [-0.3, -0.25) is 4.52 Å². The van der Waals surface area contributed by atoms with Crippen molar-refractivity contribution < 1.29 is 19.2 Å². The second-order valence-electron chi connectivity index (χ2n) is 6.19.